The standard InChI is InChI=1S/C32H44N10O9S/c1-52-9-8-23(29(47)37-14-27(45)39-24(11-18-13-35-16-38-18)31(49)42-25(15-43)32(50)51)41-30(48)22(6-7-26(34)44)40-28(46)20(33)10-17-12-36-21-5-3-2-4-19(17)21/h2-5,12-13,16,20,22-25,36,43H,6-11,14-15,33H2,1H3,(H2,34,44)(H,35,38)(H,37,47)(H,39,45)(H,40,46)(H,41,48)(H,42,49)(H,50,51)/t20-,22+,23-,24-,25-/m0/s1. The zero-order valence-corrected chi connectivity index (χ0v) is 29.2. The highest BCUT2D eigenvalue weighted by atomic mass is 32.2. The first-order valence-electron chi connectivity index (χ1n) is 16.2. The van der Waals surface area contributed by atoms with Crippen LogP contribution < -0.4 is 38.1 Å². The molecule has 2 aromatic heterocycles. The smallest absolute Gasteiger partial charge is 0.328 e. The number of rotatable bonds is 22. The topological polar surface area (TPSA) is 317 Å². The van der Waals surface area contributed by atoms with E-state index in [2.05, 4.69) is 41.5 Å². The number of fused-ring (bicyclic) bond motifs is 1. The summed E-state index contributed by atoms with van der Waals surface area (Å²) >= 11 is 1.39. The number of primary amides is 1. The maximum Gasteiger partial charge on any atom is 0.328 e. The van der Waals surface area contributed by atoms with Gasteiger partial charge in [0, 0.05) is 41.8 Å². The molecule has 0 aliphatic carbocycles. The lowest BCUT2D eigenvalue weighted by Gasteiger charge is -2.24. The average molecular weight is 745 g/mol. The number of nitrogens with one attached hydrogen (secondary N) is 7. The first-order chi connectivity index (χ1) is 24.8. The Hall–Kier alpha value is -5.47. The average Bonchev–Trinajstić information content (AvgIpc) is 3.79. The maximum atomic E-state index is 13.5. The number of H-pyrrole nitrogens is 2. The summed E-state index contributed by atoms with van der Waals surface area (Å²) < 4.78 is 0. The minimum Gasteiger partial charge on any atom is -0.480 e. The lowest BCUT2D eigenvalue weighted by Crippen LogP contribution is -2.57. The number of benzene rings is 1. The lowest BCUT2D eigenvalue weighted by molar-refractivity contribution is -0.143. The number of carboxylic acid groups (broad SMARTS) is 1. The number of nitrogens with two attached hydrogens (primary N) is 2. The van der Waals surface area contributed by atoms with Gasteiger partial charge in [0.2, 0.25) is 35.4 Å². The number of para-hydroxylation sites is 1. The fraction of sp³-hybridized carbons (Fsp3) is 0.438. The van der Waals surface area contributed by atoms with Gasteiger partial charge in [-0.1, -0.05) is 18.2 Å². The van der Waals surface area contributed by atoms with Crippen molar-refractivity contribution in [2.75, 3.05) is 25.2 Å². The quantitative estimate of drug-likeness (QED) is 0.0496. The third kappa shape index (κ3) is 12.7. The van der Waals surface area contributed by atoms with Gasteiger partial charge < -0.3 is 58.2 Å². The Morgan fingerprint density at radius 1 is 0.865 bits per heavy atom. The van der Waals surface area contributed by atoms with Gasteiger partial charge in [0.15, 0.2) is 0 Å². The van der Waals surface area contributed by atoms with Gasteiger partial charge >= 0.3 is 5.97 Å². The third-order valence-electron chi connectivity index (χ3n) is 7.86. The van der Waals surface area contributed by atoms with E-state index in [4.69, 9.17) is 11.5 Å². The Balaban J connectivity index is 1.65. The molecule has 0 radical (unpaired) electrons. The van der Waals surface area contributed by atoms with E-state index in [0.29, 0.717) is 11.4 Å². The van der Waals surface area contributed by atoms with Crippen molar-refractivity contribution in [1.82, 2.24) is 41.5 Å². The zero-order valence-electron chi connectivity index (χ0n) is 28.3. The molecule has 0 bridgehead atoms. The van der Waals surface area contributed by atoms with Crippen LogP contribution in [-0.4, -0.2) is 122 Å². The van der Waals surface area contributed by atoms with Crippen molar-refractivity contribution >= 4 is 64.1 Å². The summed E-state index contributed by atoms with van der Waals surface area (Å²) in [6.07, 6.45) is 5.97. The van der Waals surface area contributed by atoms with E-state index in [-0.39, 0.29) is 32.1 Å². The molecule has 0 unspecified atom stereocenters. The van der Waals surface area contributed by atoms with Crippen LogP contribution in [0.25, 0.3) is 10.9 Å². The number of hydrogen-bond donors (Lipinski definition) is 11. The van der Waals surface area contributed by atoms with Crippen LogP contribution >= 0.6 is 11.8 Å². The Labute approximate surface area is 302 Å². The van der Waals surface area contributed by atoms with E-state index < -0.39 is 84.8 Å². The fourth-order valence-electron chi connectivity index (χ4n) is 5.06. The number of thioether (sulfide) groups is 1. The number of aliphatic hydroxyl groups is 1. The fourth-order valence-corrected chi connectivity index (χ4v) is 5.53. The van der Waals surface area contributed by atoms with Gasteiger partial charge in [-0.15, -0.1) is 0 Å². The van der Waals surface area contributed by atoms with Crippen LogP contribution in [0.15, 0.2) is 43.0 Å². The van der Waals surface area contributed by atoms with Gasteiger partial charge in [-0.3, -0.25) is 28.8 Å². The molecule has 3 rings (SSSR count). The lowest BCUT2D eigenvalue weighted by atomic mass is 10.0. The van der Waals surface area contributed by atoms with Crippen LogP contribution in [0.5, 0.6) is 0 Å². The Morgan fingerprint density at radius 3 is 2.19 bits per heavy atom. The predicted octanol–water partition coefficient (Wildman–Crippen LogP) is -2.85. The van der Waals surface area contributed by atoms with Crippen LogP contribution in [-0.2, 0) is 46.4 Å². The monoisotopic (exact) mass is 744 g/mol. The predicted molar refractivity (Wildman–Crippen MR) is 189 cm³/mol. The number of carboxylic acids is 1. The van der Waals surface area contributed by atoms with Crippen molar-refractivity contribution in [1.29, 1.82) is 0 Å². The molecule has 3 aromatic rings. The molecule has 282 valence electrons. The molecular weight excluding hydrogens is 700 g/mol. The summed E-state index contributed by atoms with van der Waals surface area (Å²) in [6.45, 7) is -1.53. The molecule has 13 N–H and O–H groups in total. The highest BCUT2D eigenvalue weighted by Gasteiger charge is 2.30. The second kappa shape index (κ2) is 20.4. The van der Waals surface area contributed by atoms with E-state index in [0.717, 1.165) is 16.5 Å². The molecule has 0 spiro atoms. The number of hydrogen-bond acceptors (Lipinski definition) is 11. The molecule has 2 heterocycles. The highest BCUT2D eigenvalue weighted by molar-refractivity contribution is 7.98. The second-order valence-electron chi connectivity index (χ2n) is 11.8. The van der Waals surface area contributed by atoms with E-state index in [9.17, 15) is 43.8 Å². The molecule has 0 saturated carbocycles. The Bertz CT molecular complexity index is 1700. The van der Waals surface area contributed by atoms with Crippen LogP contribution in [0.4, 0.5) is 0 Å². The van der Waals surface area contributed by atoms with Crippen molar-refractivity contribution < 1.29 is 43.8 Å². The van der Waals surface area contributed by atoms with Crippen LogP contribution in [0.1, 0.15) is 30.5 Å². The molecular formula is C32H44N10O9S. The number of imidazole rings is 1. The van der Waals surface area contributed by atoms with Crippen molar-refractivity contribution in [2.45, 2.75) is 62.3 Å². The molecule has 19 nitrogen and oxygen atoms in total. The van der Waals surface area contributed by atoms with Gasteiger partial charge in [0.1, 0.15) is 24.2 Å². The van der Waals surface area contributed by atoms with Crippen LogP contribution in [0.2, 0.25) is 0 Å². The number of aromatic amines is 2. The second-order valence-corrected chi connectivity index (χ2v) is 12.8. The van der Waals surface area contributed by atoms with Gasteiger partial charge in [-0.05, 0) is 42.9 Å². The van der Waals surface area contributed by atoms with Crippen molar-refractivity contribution in [2.24, 2.45) is 11.5 Å². The normalized spacial score (nSPS) is 13.9. The Morgan fingerprint density at radius 2 is 1.54 bits per heavy atom. The first kappa shape index (κ1) is 41.0. The molecule has 0 fully saturated rings. The van der Waals surface area contributed by atoms with E-state index in [1.165, 1.54) is 24.3 Å². The number of carbonyl (C=O) groups excluding carboxylic acids is 6. The van der Waals surface area contributed by atoms with Gasteiger partial charge in [-0.2, -0.15) is 11.8 Å². The van der Waals surface area contributed by atoms with Crippen molar-refractivity contribution in [3.63, 3.8) is 0 Å². The van der Waals surface area contributed by atoms with Crippen molar-refractivity contribution in [3.8, 4) is 0 Å². The molecule has 6 amide bonds. The number of aliphatic hydroxyl groups excluding tert-OH is 1. The molecule has 1 aromatic carbocycles. The van der Waals surface area contributed by atoms with Crippen molar-refractivity contribution in [3.05, 3.63) is 54.2 Å². The summed E-state index contributed by atoms with van der Waals surface area (Å²) in [7, 11) is 0. The van der Waals surface area contributed by atoms with E-state index in [1.807, 2.05) is 24.3 Å². The highest BCUT2D eigenvalue weighted by Crippen LogP contribution is 2.19. The number of carbonyl (C=O) groups is 7. The molecule has 0 saturated heterocycles. The molecule has 5 atom stereocenters. The third-order valence-corrected chi connectivity index (χ3v) is 8.50. The molecule has 0 aliphatic heterocycles. The summed E-state index contributed by atoms with van der Waals surface area (Å²) in [5.74, 6) is -5.73. The zero-order chi connectivity index (χ0) is 38.2. The minimum atomic E-state index is -1.62. The maximum absolute atomic E-state index is 13.5. The van der Waals surface area contributed by atoms with Crippen LogP contribution in [0.3, 0.4) is 0 Å². The number of aliphatic carboxylic acids is 1. The molecule has 20 heteroatoms. The van der Waals surface area contributed by atoms with Gasteiger partial charge in [0.25, 0.3) is 0 Å². The molecule has 0 aliphatic rings. The van der Waals surface area contributed by atoms with Gasteiger partial charge in [0.05, 0.1) is 25.5 Å². The molecule has 52 heavy (non-hydrogen) atoms. The van der Waals surface area contributed by atoms with Crippen LogP contribution in [0, 0.1) is 0 Å². The summed E-state index contributed by atoms with van der Waals surface area (Å²) in [5.41, 5.74) is 13.6. The minimum absolute atomic E-state index is 0.125. The number of nitrogens with zero attached hydrogens (tertiary/aromatic N) is 1. The Kier molecular flexibility index (Phi) is 16.1. The number of amides is 6. The summed E-state index contributed by atoms with van der Waals surface area (Å²) in [6, 6.07) is 1.01. The number of aromatic nitrogens is 3. The van der Waals surface area contributed by atoms with Gasteiger partial charge in [-0.25, -0.2) is 9.78 Å². The summed E-state index contributed by atoms with van der Waals surface area (Å²) in [5, 5.41) is 31.5. The largest absolute Gasteiger partial charge is 0.480 e. The first-order valence-corrected chi connectivity index (χ1v) is 17.6. The summed E-state index contributed by atoms with van der Waals surface area (Å²) in [4.78, 5) is 98.1. The van der Waals surface area contributed by atoms with E-state index >= 15 is 0 Å². The van der Waals surface area contributed by atoms with E-state index in [1.54, 1.807) is 12.5 Å². The SMILES string of the molecule is CSCC[C@H](NC(=O)[C@@H](CCC(N)=O)NC(=O)[C@@H](N)Cc1c[nH]c2ccccc12)C(=O)NCC(=O)N[C@@H](Cc1cnc[nH]1)C(=O)N[C@@H](CO)C(=O)O.